The number of carbonyl (C=O) groups is 11. The number of hydrogen-bond donors (Lipinski definition) is 16. The molecule has 0 fully saturated rings. The maximum absolute atomic E-state index is 14.1. The van der Waals surface area contributed by atoms with Crippen molar-refractivity contribution in [2.75, 3.05) is 11.5 Å². The quantitative estimate of drug-likeness (QED) is 0.0348. The van der Waals surface area contributed by atoms with Gasteiger partial charge in [0.25, 0.3) is 0 Å². The van der Waals surface area contributed by atoms with Gasteiger partial charge < -0.3 is 74.3 Å². The number of rotatable bonds is 33. The number of benzene rings is 1. The van der Waals surface area contributed by atoms with Gasteiger partial charge in [0.05, 0.1) is 12.1 Å². The average molecular weight is 1090 g/mol. The standard InChI is InChI=1S/C48H75N11O14S2/c1-22(2)16-32(54-41(65)31(13-15-37(62)63)52-40(64)28(49)18-26-19-51-29-11-9-8-10-27(26)29)43(67)58-38(24(5)6)46(70)53-30(12-14-36(50)61)42(66)56-34(20-74)45(69)55-33(17-23(3)4)44(68)59-39(25(7)60)47(71)57-35(21-75)48(72)73/h8-11,19,22-25,28,30-35,38-39,51,60,74-75H,12-18,20-21,49H2,1-7H3,(H2,50,61)(H,52,64)(H,53,70)(H,54,65)(H,55,69)(H,56,66)(H,57,71)(H,58,67)(H,59,68)(H,62,63)(H,72,73)/t25-,28+,30+,31+,32+,33+,34+,35+,38+,39+/m1/s1. The highest BCUT2D eigenvalue weighted by atomic mass is 32.1. The molecule has 1 heterocycles. The van der Waals surface area contributed by atoms with Gasteiger partial charge in [-0.25, -0.2) is 4.79 Å². The minimum Gasteiger partial charge on any atom is -0.481 e. The molecule has 0 saturated carbocycles. The van der Waals surface area contributed by atoms with E-state index in [0.717, 1.165) is 16.5 Å². The van der Waals surface area contributed by atoms with Crippen LogP contribution in [0.1, 0.15) is 92.6 Å². The second-order valence-electron chi connectivity index (χ2n) is 19.4. The number of thiol groups is 2. The second kappa shape index (κ2) is 31.4. The molecule has 0 aliphatic carbocycles. The van der Waals surface area contributed by atoms with Gasteiger partial charge in [-0.2, -0.15) is 25.3 Å². The molecule has 27 heteroatoms. The number of carboxylic acids is 2. The monoisotopic (exact) mass is 1090 g/mol. The van der Waals surface area contributed by atoms with Gasteiger partial charge >= 0.3 is 11.9 Å². The smallest absolute Gasteiger partial charge is 0.327 e. The molecular formula is C48H75N11O14S2. The number of aromatic nitrogens is 1. The molecule has 0 bridgehead atoms. The fourth-order valence-electron chi connectivity index (χ4n) is 7.57. The first-order chi connectivity index (χ1) is 35.1. The van der Waals surface area contributed by atoms with Gasteiger partial charge in [-0.15, -0.1) is 0 Å². The molecule has 418 valence electrons. The van der Waals surface area contributed by atoms with E-state index in [4.69, 9.17) is 11.5 Å². The van der Waals surface area contributed by atoms with Crippen LogP contribution in [-0.2, 0) is 59.2 Å². The number of hydrogen-bond acceptors (Lipinski definition) is 15. The first-order valence-electron chi connectivity index (χ1n) is 24.5. The molecule has 0 spiro atoms. The van der Waals surface area contributed by atoms with Crippen LogP contribution >= 0.6 is 25.3 Å². The normalized spacial score (nSPS) is 15.4. The minimum atomic E-state index is -1.66. The summed E-state index contributed by atoms with van der Waals surface area (Å²) in [6.45, 7) is 11.3. The van der Waals surface area contributed by atoms with Crippen molar-refractivity contribution in [2.45, 2.75) is 154 Å². The summed E-state index contributed by atoms with van der Waals surface area (Å²) in [7, 11) is 0. The molecule has 1 aromatic heterocycles. The molecule has 10 atom stereocenters. The Morgan fingerprint density at radius 1 is 0.560 bits per heavy atom. The summed E-state index contributed by atoms with van der Waals surface area (Å²) in [6, 6.07) is -5.50. The number of aliphatic carboxylic acids is 2. The zero-order chi connectivity index (χ0) is 56.9. The van der Waals surface area contributed by atoms with Gasteiger partial charge in [0.1, 0.15) is 48.3 Å². The van der Waals surface area contributed by atoms with Crippen LogP contribution in [0.25, 0.3) is 10.9 Å². The lowest BCUT2D eigenvalue weighted by atomic mass is 9.98. The summed E-state index contributed by atoms with van der Waals surface area (Å²) in [5.74, 6) is -12.7. The van der Waals surface area contributed by atoms with Crippen molar-refractivity contribution in [3.05, 3.63) is 36.0 Å². The molecule has 0 radical (unpaired) electrons. The zero-order valence-corrected chi connectivity index (χ0v) is 44.9. The zero-order valence-electron chi connectivity index (χ0n) is 43.1. The molecule has 9 amide bonds. The number of nitrogens with two attached hydrogens (primary N) is 2. The number of carboxylic acid groups (broad SMARTS) is 2. The Morgan fingerprint density at radius 3 is 1.45 bits per heavy atom. The number of amides is 9. The van der Waals surface area contributed by atoms with E-state index in [1.807, 2.05) is 24.3 Å². The first kappa shape index (κ1) is 64.7. The average Bonchev–Trinajstić information content (AvgIpc) is 3.73. The Hall–Kier alpha value is -6.45. The van der Waals surface area contributed by atoms with Crippen LogP contribution in [0.15, 0.2) is 30.5 Å². The van der Waals surface area contributed by atoms with E-state index in [0.29, 0.717) is 0 Å². The van der Waals surface area contributed by atoms with Gasteiger partial charge in [0, 0.05) is 41.4 Å². The highest BCUT2D eigenvalue weighted by Crippen LogP contribution is 2.19. The Kier molecular flexibility index (Phi) is 27.1. The van der Waals surface area contributed by atoms with Crippen LogP contribution in [0, 0.1) is 17.8 Å². The molecule has 75 heavy (non-hydrogen) atoms. The maximum atomic E-state index is 14.1. The van der Waals surface area contributed by atoms with E-state index < -0.39 is 144 Å². The Morgan fingerprint density at radius 2 is 0.987 bits per heavy atom. The van der Waals surface area contributed by atoms with Crippen molar-refractivity contribution >= 4 is 101 Å². The maximum Gasteiger partial charge on any atom is 0.327 e. The van der Waals surface area contributed by atoms with Gasteiger partial charge in [0.15, 0.2) is 0 Å². The van der Waals surface area contributed by atoms with Crippen molar-refractivity contribution < 1.29 is 68.1 Å². The van der Waals surface area contributed by atoms with E-state index in [1.54, 1.807) is 47.7 Å². The lowest BCUT2D eigenvalue weighted by Gasteiger charge is -2.29. The third-order valence-electron chi connectivity index (χ3n) is 11.6. The number of carbonyl (C=O) groups excluding carboxylic acids is 9. The summed E-state index contributed by atoms with van der Waals surface area (Å²) in [6.07, 6.45) is -1.46. The van der Waals surface area contributed by atoms with E-state index in [9.17, 15) is 68.1 Å². The number of aliphatic hydroxyl groups excluding tert-OH is 1. The molecule has 1 aromatic carbocycles. The molecule has 25 nitrogen and oxygen atoms in total. The summed E-state index contributed by atoms with van der Waals surface area (Å²) in [5.41, 5.74) is 13.2. The molecular weight excluding hydrogens is 1020 g/mol. The number of aliphatic hydroxyl groups is 1. The third kappa shape index (κ3) is 21.7. The predicted octanol–water partition coefficient (Wildman–Crippen LogP) is -1.88. The van der Waals surface area contributed by atoms with Crippen molar-refractivity contribution in [1.82, 2.24) is 47.5 Å². The van der Waals surface area contributed by atoms with Gasteiger partial charge in [-0.3, -0.25) is 47.9 Å². The third-order valence-corrected chi connectivity index (χ3v) is 12.4. The van der Waals surface area contributed by atoms with Crippen LogP contribution in [0.4, 0.5) is 0 Å². The highest BCUT2D eigenvalue weighted by molar-refractivity contribution is 7.80. The number of fused-ring (bicyclic) bond motifs is 1. The Balaban J connectivity index is 2.30. The van der Waals surface area contributed by atoms with Crippen LogP contribution < -0.4 is 54.0 Å². The SMILES string of the molecule is CC(C)C[C@H](NC(=O)[C@H](CCC(=O)O)NC(=O)[C@@H](N)Cc1c[nH]c2ccccc12)C(=O)N[C@H](C(=O)N[C@@H](CCC(N)=O)C(=O)N[C@@H](CS)C(=O)N[C@@H](CC(C)C)C(=O)N[C@H](C(=O)N[C@@H](CS)C(=O)O)[C@@H](C)O)C(C)C. The fourth-order valence-corrected chi connectivity index (χ4v) is 8.08. The first-order valence-corrected chi connectivity index (χ1v) is 25.7. The van der Waals surface area contributed by atoms with Crippen molar-refractivity contribution in [1.29, 1.82) is 0 Å². The van der Waals surface area contributed by atoms with Gasteiger partial charge in [-0.05, 0) is 68.4 Å². The topological polar surface area (TPSA) is 413 Å². The van der Waals surface area contributed by atoms with Crippen LogP contribution in [0.2, 0.25) is 0 Å². The fraction of sp³-hybridized carbons (Fsp3) is 0.604. The lowest BCUT2D eigenvalue weighted by molar-refractivity contribution is -0.142. The molecule has 2 rings (SSSR count). The summed E-state index contributed by atoms with van der Waals surface area (Å²) in [5, 5.41) is 49.6. The molecule has 16 N–H and O–H groups in total. The lowest BCUT2D eigenvalue weighted by Crippen LogP contribution is -2.62. The molecule has 0 aliphatic rings. The van der Waals surface area contributed by atoms with Crippen LogP contribution in [0.3, 0.4) is 0 Å². The molecule has 0 aliphatic heterocycles. The van der Waals surface area contributed by atoms with Gasteiger partial charge in [-0.1, -0.05) is 59.7 Å². The van der Waals surface area contributed by atoms with Crippen LogP contribution in [0.5, 0.6) is 0 Å². The largest absolute Gasteiger partial charge is 0.481 e. The molecule has 2 aromatic rings. The van der Waals surface area contributed by atoms with Crippen LogP contribution in [-0.4, -0.2) is 157 Å². The minimum absolute atomic E-state index is 0.0142. The predicted molar refractivity (Wildman–Crippen MR) is 281 cm³/mol. The van der Waals surface area contributed by atoms with E-state index in [1.165, 1.54) is 6.92 Å². The number of para-hydroxylation sites is 1. The Bertz CT molecular complexity index is 2330. The van der Waals surface area contributed by atoms with Gasteiger partial charge in [0.2, 0.25) is 53.2 Å². The summed E-state index contributed by atoms with van der Waals surface area (Å²) < 4.78 is 0. The molecule has 0 unspecified atom stereocenters. The number of primary amides is 1. The van der Waals surface area contributed by atoms with Crippen molar-refractivity contribution in [3.8, 4) is 0 Å². The van der Waals surface area contributed by atoms with E-state index >= 15 is 0 Å². The number of H-pyrrole nitrogens is 1. The van der Waals surface area contributed by atoms with Crippen molar-refractivity contribution in [2.24, 2.45) is 29.2 Å². The molecule has 0 saturated heterocycles. The van der Waals surface area contributed by atoms with E-state index in [2.05, 4.69) is 72.8 Å². The van der Waals surface area contributed by atoms with E-state index in [-0.39, 0.29) is 55.4 Å². The Labute approximate surface area is 445 Å². The summed E-state index contributed by atoms with van der Waals surface area (Å²) in [4.78, 5) is 148. The summed E-state index contributed by atoms with van der Waals surface area (Å²) >= 11 is 8.10. The van der Waals surface area contributed by atoms with Crippen molar-refractivity contribution in [3.63, 3.8) is 0 Å². The number of aromatic amines is 1. The second-order valence-corrected chi connectivity index (χ2v) is 20.1. The highest BCUT2D eigenvalue weighted by Gasteiger charge is 2.37. The number of nitrogens with one attached hydrogen (secondary N) is 9.